The number of halogens is 3. The minimum absolute atomic E-state index is 1.18. The first-order valence-corrected chi connectivity index (χ1v) is 7.15. The fourth-order valence-corrected chi connectivity index (χ4v) is 5.48. The predicted octanol–water partition coefficient (Wildman–Crippen LogP) is 5.56. The highest BCUT2D eigenvalue weighted by Gasteiger charge is 2.14. The van der Waals surface area contributed by atoms with Gasteiger partial charge < -0.3 is 0 Å². The summed E-state index contributed by atoms with van der Waals surface area (Å²) >= 11 is 14.1. The van der Waals surface area contributed by atoms with Crippen molar-refractivity contribution in [2.24, 2.45) is 0 Å². The van der Waals surface area contributed by atoms with Gasteiger partial charge in [0.25, 0.3) is 0 Å². The molecule has 0 aliphatic heterocycles. The minimum Gasteiger partial charge on any atom is -0.126 e. The molecule has 0 spiro atoms. The van der Waals surface area contributed by atoms with Crippen LogP contribution in [0.25, 0.3) is 9.40 Å². The van der Waals surface area contributed by atoms with Crippen molar-refractivity contribution in [3.63, 3.8) is 0 Å². The van der Waals surface area contributed by atoms with Crippen LogP contribution in [0.3, 0.4) is 0 Å². The molecular formula is C7H3Br3S2. The zero-order chi connectivity index (χ0) is 8.88. The zero-order valence-electron chi connectivity index (χ0n) is 5.95. The standard InChI is InChI=1S/C7H3Br3S2/c1-2-4-5(12-6(2)9)3(8)7(10)11-4/h1H3. The molecule has 2 rings (SSSR count). The highest BCUT2D eigenvalue weighted by Crippen LogP contribution is 2.47. The van der Waals surface area contributed by atoms with Gasteiger partial charge in [0.15, 0.2) is 0 Å². The van der Waals surface area contributed by atoms with Crippen LogP contribution in [0, 0.1) is 6.92 Å². The fraction of sp³-hybridized carbons (Fsp3) is 0.143. The molecule has 0 aromatic carbocycles. The van der Waals surface area contributed by atoms with E-state index < -0.39 is 0 Å². The second kappa shape index (κ2) is 3.35. The van der Waals surface area contributed by atoms with E-state index in [-0.39, 0.29) is 0 Å². The maximum Gasteiger partial charge on any atom is 0.0861 e. The molecule has 0 saturated heterocycles. The van der Waals surface area contributed by atoms with Crippen molar-refractivity contribution in [3.05, 3.63) is 17.6 Å². The third-order valence-corrected chi connectivity index (χ3v) is 7.73. The molecule has 5 heteroatoms. The Labute approximate surface area is 103 Å². The number of hydrogen-bond acceptors (Lipinski definition) is 2. The predicted molar refractivity (Wildman–Crippen MR) is 67.5 cm³/mol. The Kier molecular flexibility index (Phi) is 2.69. The van der Waals surface area contributed by atoms with Crippen LogP contribution < -0.4 is 0 Å². The summed E-state index contributed by atoms with van der Waals surface area (Å²) < 4.78 is 6.29. The van der Waals surface area contributed by atoms with Gasteiger partial charge in [-0.15, -0.1) is 22.7 Å². The summed E-state index contributed by atoms with van der Waals surface area (Å²) in [4.78, 5) is 0. The second-order valence-corrected chi connectivity index (χ2v) is 7.82. The summed E-state index contributed by atoms with van der Waals surface area (Å²) in [5.74, 6) is 0. The van der Waals surface area contributed by atoms with Crippen molar-refractivity contribution >= 4 is 79.9 Å². The first-order chi connectivity index (χ1) is 5.61. The molecule has 0 aliphatic carbocycles. The molecule has 0 radical (unpaired) electrons. The maximum absolute atomic E-state index is 3.55. The van der Waals surface area contributed by atoms with Crippen LogP contribution in [-0.4, -0.2) is 0 Å². The van der Waals surface area contributed by atoms with Gasteiger partial charge in [-0.1, -0.05) is 0 Å². The number of hydrogen-bond donors (Lipinski definition) is 0. The number of aryl methyl sites for hydroxylation is 1. The number of rotatable bonds is 0. The number of fused-ring (bicyclic) bond motifs is 1. The lowest BCUT2D eigenvalue weighted by Crippen LogP contribution is -1.58. The highest BCUT2D eigenvalue weighted by atomic mass is 79.9. The van der Waals surface area contributed by atoms with Crippen LogP contribution in [0.15, 0.2) is 12.0 Å². The third-order valence-electron chi connectivity index (χ3n) is 1.60. The summed E-state index contributed by atoms with van der Waals surface area (Å²) in [7, 11) is 0. The van der Waals surface area contributed by atoms with E-state index in [9.17, 15) is 0 Å². The molecule has 0 amide bonds. The molecule has 0 atom stereocenters. The van der Waals surface area contributed by atoms with Gasteiger partial charge in [0, 0.05) is 0 Å². The van der Waals surface area contributed by atoms with E-state index >= 15 is 0 Å². The zero-order valence-corrected chi connectivity index (χ0v) is 12.3. The smallest absolute Gasteiger partial charge is 0.0861 e. The van der Waals surface area contributed by atoms with Crippen molar-refractivity contribution in [3.8, 4) is 0 Å². The van der Waals surface area contributed by atoms with Gasteiger partial charge in [-0.2, -0.15) is 0 Å². The maximum atomic E-state index is 3.55. The van der Waals surface area contributed by atoms with E-state index in [4.69, 9.17) is 0 Å². The van der Waals surface area contributed by atoms with Crippen LogP contribution in [0.4, 0.5) is 0 Å². The molecule has 2 aromatic heterocycles. The topological polar surface area (TPSA) is 0 Å². The van der Waals surface area contributed by atoms with Crippen molar-refractivity contribution in [1.29, 1.82) is 0 Å². The first kappa shape index (κ1) is 9.65. The normalized spacial score (nSPS) is 11.3. The van der Waals surface area contributed by atoms with Gasteiger partial charge in [-0.25, -0.2) is 0 Å². The second-order valence-electron chi connectivity index (χ2n) is 2.35. The van der Waals surface area contributed by atoms with Gasteiger partial charge in [0.05, 0.1) is 21.4 Å². The lowest BCUT2D eigenvalue weighted by Gasteiger charge is -1.83. The molecule has 0 aliphatic rings. The summed E-state index contributed by atoms with van der Waals surface area (Å²) in [6.45, 7) is 2.14. The Bertz CT molecular complexity index is 399. The van der Waals surface area contributed by atoms with Gasteiger partial charge in [0.2, 0.25) is 0 Å². The van der Waals surface area contributed by atoms with Gasteiger partial charge in [-0.05, 0) is 60.3 Å². The average molecular weight is 391 g/mol. The van der Waals surface area contributed by atoms with Crippen molar-refractivity contribution in [2.75, 3.05) is 0 Å². The third kappa shape index (κ3) is 1.34. The summed E-state index contributed by atoms with van der Waals surface area (Å²) in [6.07, 6.45) is 0. The van der Waals surface area contributed by atoms with Gasteiger partial charge in [-0.3, -0.25) is 0 Å². The Hall–Kier alpha value is 1.10. The average Bonchev–Trinajstić information content (AvgIpc) is 2.43. The van der Waals surface area contributed by atoms with Crippen LogP contribution in [-0.2, 0) is 0 Å². The fourth-order valence-electron chi connectivity index (χ4n) is 0.963. The molecule has 12 heavy (non-hydrogen) atoms. The van der Waals surface area contributed by atoms with Crippen molar-refractivity contribution < 1.29 is 0 Å². The Balaban J connectivity index is 2.93. The lowest BCUT2D eigenvalue weighted by molar-refractivity contribution is 1.59. The minimum atomic E-state index is 1.18. The molecule has 2 heterocycles. The Morgan fingerprint density at radius 2 is 1.50 bits per heavy atom. The van der Waals surface area contributed by atoms with Gasteiger partial charge in [0.1, 0.15) is 0 Å². The van der Waals surface area contributed by atoms with E-state index in [2.05, 4.69) is 54.7 Å². The van der Waals surface area contributed by atoms with E-state index in [0.29, 0.717) is 0 Å². The summed E-state index contributed by atoms with van der Waals surface area (Å²) in [6, 6.07) is 0. The Morgan fingerprint density at radius 3 is 2.08 bits per heavy atom. The molecular weight excluding hydrogens is 388 g/mol. The lowest BCUT2D eigenvalue weighted by atomic mass is 10.4. The van der Waals surface area contributed by atoms with Crippen LogP contribution in [0.5, 0.6) is 0 Å². The largest absolute Gasteiger partial charge is 0.126 e. The molecule has 2 aromatic rings. The van der Waals surface area contributed by atoms with Crippen molar-refractivity contribution in [2.45, 2.75) is 6.92 Å². The van der Waals surface area contributed by atoms with Crippen LogP contribution in [0.2, 0.25) is 0 Å². The van der Waals surface area contributed by atoms with Crippen molar-refractivity contribution in [1.82, 2.24) is 0 Å². The van der Waals surface area contributed by atoms with Crippen LogP contribution in [0.1, 0.15) is 5.56 Å². The molecule has 64 valence electrons. The van der Waals surface area contributed by atoms with E-state index in [1.807, 2.05) is 0 Å². The molecule has 0 bridgehead atoms. The quantitative estimate of drug-likeness (QED) is 0.552. The van der Waals surface area contributed by atoms with E-state index in [1.165, 1.54) is 27.0 Å². The SMILES string of the molecule is Cc1c(Br)sc2c(Br)c(Br)sc12. The van der Waals surface area contributed by atoms with Gasteiger partial charge >= 0.3 is 0 Å². The molecule has 0 fully saturated rings. The molecule has 0 saturated carbocycles. The summed E-state index contributed by atoms with van der Waals surface area (Å²) in [5.41, 5.74) is 1.34. The molecule has 0 nitrogen and oxygen atoms in total. The highest BCUT2D eigenvalue weighted by molar-refractivity contribution is 9.13. The monoisotopic (exact) mass is 388 g/mol. The van der Waals surface area contributed by atoms with E-state index in [0.717, 1.165) is 0 Å². The molecule has 0 N–H and O–H groups in total. The van der Waals surface area contributed by atoms with E-state index in [1.54, 1.807) is 22.7 Å². The Morgan fingerprint density at radius 1 is 0.917 bits per heavy atom. The first-order valence-electron chi connectivity index (χ1n) is 3.13. The van der Waals surface area contributed by atoms with Crippen LogP contribution >= 0.6 is 70.5 Å². The number of thiophene rings is 2. The molecule has 0 unspecified atom stereocenters. The summed E-state index contributed by atoms with van der Waals surface area (Å²) in [5, 5.41) is 0.